The van der Waals surface area contributed by atoms with Crippen molar-refractivity contribution in [3.63, 3.8) is 0 Å². The molecule has 2 heterocycles. The first kappa shape index (κ1) is 11.0. The Bertz CT molecular complexity index is 480. The second-order valence-corrected chi connectivity index (χ2v) is 4.27. The number of hydrogen-bond acceptors (Lipinski definition) is 4. The maximum Gasteiger partial charge on any atom is 0.150 e. The molecule has 0 aliphatic heterocycles. The average molecular weight is 249 g/mol. The normalized spacial score (nSPS) is 9.81. The highest BCUT2D eigenvalue weighted by atomic mass is 32.1. The van der Waals surface area contributed by atoms with E-state index in [1.54, 1.807) is 11.3 Å². The first-order chi connectivity index (χ1) is 7.85. The molecule has 0 saturated heterocycles. The van der Waals surface area contributed by atoms with Crippen molar-refractivity contribution in [1.82, 2.24) is 4.98 Å². The van der Waals surface area contributed by atoms with Gasteiger partial charge in [-0.3, -0.25) is 0 Å². The van der Waals surface area contributed by atoms with Gasteiger partial charge in [-0.2, -0.15) is 0 Å². The molecule has 0 aromatic carbocycles. The van der Waals surface area contributed by atoms with Crippen molar-refractivity contribution in [2.45, 2.75) is 0 Å². The van der Waals surface area contributed by atoms with Gasteiger partial charge in [0.25, 0.3) is 0 Å². The number of rotatable bonds is 4. The Kier molecular flexibility index (Phi) is 3.48. The van der Waals surface area contributed by atoms with Crippen LogP contribution in [0.5, 0.6) is 0 Å². The second kappa shape index (κ2) is 5.05. The molecule has 0 fully saturated rings. The summed E-state index contributed by atoms with van der Waals surface area (Å²) in [4.78, 5) is 5.68. The van der Waals surface area contributed by atoms with Gasteiger partial charge < -0.3 is 10.6 Å². The highest BCUT2D eigenvalue weighted by Gasteiger charge is 2.05. The summed E-state index contributed by atoms with van der Waals surface area (Å²) in [5, 5.41) is 8.06. The summed E-state index contributed by atoms with van der Waals surface area (Å²) in [6, 6.07) is 8.02. The quantitative estimate of drug-likeness (QED) is 0.816. The Morgan fingerprint density at radius 2 is 2.25 bits per heavy atom. The van der Waals surface area contributed by atoms with E-state index in [9.17, 15) is 0 Å². The zero-order chi connectivity index (χ0) is 11.4. The predicted molar refractivity (Wildman–Crippen MR) is 74.4 cm³/mol. The van der Waals surface area contributed by atoms with Crippen LogP contribution in [0.15, 0.2) is 29.6 Å². The van der Waals surface area contributed by atoms with Crippen LogP contribution in [0, 0.1) is 0 Å². The summed E-state index contributed by atoms with van der Waals surface area (Å²) in [5.74, 6) is 0.798. The van der Waals surface area contributed by atoms with Gasteiger partial charge in [-0.25, -0.2) is 4.98 Å². The molecule has 0 bridgehead atoms. The molecule has 0 radical (unpaired) electrons. The molecular formula is C11H11N3S2. The smallest absolute Gasteiger partial charge is 0.150 e. The van der Waals surface area contributed by atoms with Crippen molar-refractivity contribution >= 4 is 40.6 Å². The summed E-state index contributed by atoms with van der Waals surface area (Å²) in [5.41, 5.74) is 3.33. The Balaban J connectivity index is 2.40. The largest absolute Gasteiger partial charge is 0.371 e. The van der Waals surface area contributed by atoms with E-state index in [4.69, 9.17) is 12.2 Å². The lowest BCUT2D eigenvalue weighted by Gasteiger charge is -2.08. The summed E-state index contributed by atoms with van der Waals surface area (Å²) in [6.07, 6.45) is 0. The number of anilines is 2. The van der Waals surface area contributed by atoms with Crippen LogP contribution in [0.25, 0.3) is 10.6 Å². The highest BCUT2D eigenvalue weighted by Crippen LogP contribution is 2.27. The van der Waals surface area contributed by atoms with Crippen molar-refractivity contribution < 1.29 is 0 Å². The fourth-order valence-corrected chi connectivity index (χ4v) is 2.21. The minimum atomic E-state index is 0.798. The van der Waals surface area contributed by atoms with Crippen LogP contribution >= 0.6 is 23.6 Å². The fraction of sp³-hybridized carbons (Fsp3) is 0.0909. The van der Waals surface area contributed by atoms with Crippen LogP contribution in [0.3, 0.4) is 0 Å². The van der Waals surface area contributed by atoms with Crippen molar-refractivity contribution in [2.75, 3.05) is 17.7 Å². The van der Waals surface area contributed by atoms with E-state index >= 15 is 0 Å². The number of pyridine rings is 1. The molecule has 5 heteroatoms. The van der Waals surface area contributed by atoms with E-state index in [1.807, 2.05) is 30.6 Å². The average Bonchev–Trinajstić information content (AvgIpc) is 2.83. The van der Waals surface area contributed by atoms with Gasteiger partial charge in [0.2, 0.25) is 0 Å². The van der Waals surface area contributed by atoms with Crippen LogP contribution in [-0.2, 0) is 0 Å². The number of thiophene rings is 1. The molecule has 82 valence electrons. The molecule has 0 spiro atoms. The number of hydrogen-bond donors (Lipinski definition) is 2. The highest BCUT2D eigenvalue weighted by molar-refractivity contribution is 7.79. The first-order valence-corrected chi connectivity index (χ1v) is 6.13. The van der Waals surface area contributed by atoms with Crippen LogP contribution in [0.1, 0.15) is 0 Å². The number of nitrogens with zero attached hydrogens (tertiary/aromatic N) is 1. The van der Waals surface area contributed by atoms with E-state index in [-0.39, 0.29) is 0 Å². The predicted octanol–water partition coefficient (Wildman–Crippen LogP) is 3.22. The second-order valence-electron chi connectivity index (χ2n) is 3.08. The van der Waals surface area contributed by atoms with Gasteiger partial charge in [-0.1, -0.05) is 18.3 Å². The van der Waals surface area contributed by atoms with Gasteiger partial charge in [0.15, 0.2) is 0 Å². The maximum absolute atomic E-state index is 4.76. The third kappa shape index (κ3) is 2.20. The maximum atomic E-state index is 4.76. The Morgan fingerprint density at radius 1 is 1.38 bits per heavy atom. The molecule has 2 N–H and O–H groups in total. The van der Waals surface area contributed by atoms with E-state index in [0.29, 0.717) is 0 Å². The van der Waals surface area contributed by atoms with Gasteiger partial charge >= 0.3 is 0 Å². The van der Waals surface area contributed by atoms with Crippen LogP contribution in [-0.4, -0.2) is 17.5 Å². The van der Waals surface area contributed by atoms with Gasteiger partial charge in [-0.15, -0.1) is 11.3 Å². The molecule has 0 aliphatic carbocycles. The fourth-order valence-electron chi connectivity index (χ4n) is 1.39. The molecule has 16 heavy (non-hydrogen) atoms. The molecule has 0 aliphatic rings. The van der Waals surface area contributed by atoms with Crippen molar-refractivity contribution in [3.8, 4) is 10.6 Å². The van der Waals surface area contributed by atoms with Gasteiger partial charge in [0.05, 0.1) is 21.7 Å². The van der Waals surface area contributed by atoms with E-state index < -0.39 is 0 Å². The number of aromatic nitrogens is 1. The molecule has 2 rings (SSSR count). The lowest BCUT2D eigenvalue weighted by Crippen LogP contribution is -2.01. The van der Waals surface area contributed by atoms with Gasteiger partial charge in [0, 0.05) is 7.05 Å². The summed E-state index contributed by atoms with van der Waals surface area (Å²) < 4.78 is 0. The summed E-state index contributed by atoms with van der Waals surface area (Å²) in [7, 11) is 1.84. The number of nitrogens with one attached hydrogen (secondary N) is 2. The Hall–Kier alpha value is -1.46. The van der Waals surface area contributed by atoms with Crippen molar-refractivity contribution in [3.05, 3.63) is 29.6 Å². The van der Waals surface area contributed by atoms with Gasteiger partial charge in [0.1, 0.15) is 5.82 Å². The summed E-state index contributed by atoms with van der Waals surface area (Å²) in [6.45, 7) is 0. The lowest BCUT2D eigenvalue weighted by atomic mass is 10.3. The molecule has 2 aromatic rings. The topological polar surface area (TPSA) is 37.0 Å². The lowest BCUT2D eigenvalue weighted by molar-refractivity contribution is 1.30. The standard InChI is InChI=1S/C11H11N3S2/c1-12-11-9(13-7-15)5-4-8(14-11)10-3-2-6-16-10/h2-7H,1H3,(H,12,14)(H,13,15). The zero-order valence-electron chi connectivity index (χ0n) is 8.73. The third-order valence-corrected chi connectivity index (χ3v) is 3.13. The van der Waals surface area contributed by atoms with E-state index in [0.717, 1.165) is 22.1 Å². The SMILES string of the molecule is CNc1nc(-c2cccs2)ccc1NC=S. The molecular weight excluding hydrogens is 238 g/mol. The molecule has 3 nitrogen and oxygen atoms in total. The first-order valence-electron chi connectivity index (χ1n) is 4.78. The summed E-state index contributed by atoms with van der Waals surface area (Å²) >= 11 is 6.44. The minimum absolute atomic E-state index is 0.798. The van der Waals surface area contributed by atoms with Crippen molar-refractivity contribution in [2.24, 2.45) is 0 Å². The number of thiocarbonyl (C=S) groups is 1. The molecule has 0 unspecified atom stereocenters. The van der Waals surface area contributed by atoms with Gasteiger partial charge in [-0.05, 0) is 23.6 Å². The van der Waals surface area contributed by atoms with E-state index in [1.165, 1.54) is 5.49 Å². The molecule has 0 amide bonds. The van der Waals surface area contributed by atoms with Crippen LogP contribution in [0.4, 0.5) is 11.5 Å². The minimum Gasteiger partial charge on any atom is -0.371 e. The monoisotopic (exact) mass is 249 g/mol. The Morgan fingerprint density at radius 3 is 2.88 bits per heavy atom. The van der Waals surface area contributed by atoms with Crippen LogP contribution < -0.4 is 10.6 Å². The molecule has 2 aromatic heterocycles. The van der Waals surface area contributed by atoms with Crippen LogP contribution in [0.2, 0.25) is 0 Å². The third-order valence-electron chi connectivity index (χ3n) is 2.12. The van der Waals surface area contributed by atoms with Crippen molar-refractivity contribution in [1.29, 1.82) is 0 Å². The Labute approximate surface area is 104 Å². The zero-order valence-corrected chi connectivity index (χ0v) is 10.4. The molecule has 0 atom stereocenters. The molecule has 0 saturated carbocycles. The van der Waals surface area contributed by atoms with E-state index in [2.05, 4.69) is 21.7 Å².